The molecule has 1 aliphatic heterocycles. The molecular formula is C25H29ClN4O2. The number of nitrogens with one attached hydrogen (secondary N) is 1. The minimum absolute atomic E-state index is 0.0459. The minimum Gasteiger partial charge on any atom is -0.468 e. The Kier molecular flexibility index (Phi) is 6.07. The highest BCUT2D eigenvalue weighted by Crippen LogP contribution is 2.42. The number of furan rings is 1. The molecule has 0 spiro atoms. The molecule has 1 aromatic carbocycles. The first-order valence-electron chi connectivity index (χ1n) is 11.5. The summed E-state index contributed by atoms with van der Waals surface area (Å²) in [5.41, 5.74) is 3.55. The predicted molar refractivity (Wildman–Crippen MR) is 124 cm³/mol. The van der Waals surface area contributed by atoms with Gasteiger partial charge < -0.3 is 9.73 Å². The Balaban J connectivity index is 1.37. The largest absolute Gasteiger partial charge is 0.468 e. The maximum Gasteiger partial charge on any atom is 0.254 e. The highest BCUT2D eigenvalue weighted by molar-refractivity contribution is 6.31. The lowest BCUT2D eigenvalue weighted by molar-refractivity contribution is 0.0913. The summed E-state index contributed by atoms with van der Waals surface area (Å²) in [6, 6.07) is 9.87. The van der Waals surface area contributed by atoms with Gasteiger partial charge in [0.25, 0.3) is 5.91 Å². The van der Waals surface area contributed by atoms with Crippen molar-refractivity contribution >= 4 is 17.5 Å². The summed E-state index contributed by atoms with van der Waals surface area (Å²) in [5, 5.41) is 8.45. The average Bonchev–Trinajstić information content (AvgIpc) is 3.31. The molecule has 1 atom stereocenters. The summed E-state index contributed by atoms with van der Waals surface area (Å²) >= 11 is 6.35. The molecule has 1 amide bonds. The number of nitrogens with zero attached hydrogens (tertiary/aromatic N) is 3. The summed E-state index contributed by atoms with van der Waals surface area (Å²) < 4.78 is 7.60. The number of halogens is 1. The fraction of sp³-hybridized carbons (Fsp3) is 0.440. The minimum atomic E-state index is -0.0788. The van der Waals surface area contributed by atoms with Crippen molar-refractivity contribution in [2.45, 2.75) is 51.0 Å². The molecule has 3 heterocycles. The van der Waals surface area contributed by atoms with Crippen LogP contribution in [0.3, 0.4) is 0 Å². The second-order valence-corrected chi connectivity index (χ2v) is 9.31. The molecule has 1 aliphatic carbocycles. The molecule has 1 N–H and O–H groups in total. The SMILES string of the molecule is Cc1ccc(-n2ncc(C(=O)NCC(c3ccco3)N3CCCCC3)c2C2CC2)cc1Cl. The highest BCUT2D eigenvalue weighted by Gasteiger charge is 2.33. The number of hydrogen-bond acceptors (Lipinski definition) is 4. The zero-order valence-corrected chi connectivity index (χ0v) is 19.1. The van der Waals surface area contributed by atoms with E-state index >= 15 is 0 Å². The van der Waals surface area contributed by atoms with E-state index in [0.717, 1.165) is 48.6 Å². The molecular weight excluding hydrogens is 424 g/mol. The van der Waals surface area contributed by atoms with Gasteiger partial charge in [0.15, 0.2) is 0 Å². The second kappa shape index (κ2) is 9.12. The molecule has 5 rings (SSSR count). The van der Waals surface area contributed by atoms with E-state index in [1.165, 1.54) is 19.3 Å². The van der Waals surface area contributed by atoms with Crippen LogP contribution in [0.25, 0.3) is 5.69 Å². The third kappa shape index (κ3) is 4.34. The molecule has 0 radical (unpaired) electrons. The van der Waals surface area contributed by atoms with Crippen LogP contribution in [0.2, 0.25) is 5.02 Å². The first kappa shape index (κ1) is 21.3. The van der Waals surface area contributed by atoms with Crippen LogP contribution < -0.4 is 5.32 Å². The number of benzene rings is 1. The quantitative estimate of drug-likeness (QED) is 0.531. The molecule has 32 heavy (non-hydrogen) atoms. The lowest BCUT2D eigenvalue weighted by atomic mass is 10.1. The highest BCUT2D eigenvalue weighted by atomic mass is 35.5. The molecule has 6 nitrogen and oxygen atoms in total. The van der Waals surface area contributed by atoms with E-state index in [0.29, 0.717) is 23.0 Å². The lowest BCUT2D eigenvalue weighted by Crippen LogP contribution is -2.40. The zero-order chi connectivity index (χ0) is 22.1. The number of hydrogen-bond donors (Lipinski definition) is 1. The maximum atomic E-state index is 13.3. The van der Waals surface area contributed by atoms with Crippen LogP contribution in [0.5, 0.6) is 0 Å². The summed E-state index contributed by atoms with van der Waals surface area (Å²) in [4.78, 5) is 15.7. The van der Waals surface area contributed by atoms with E-state index in [1.54, 1.807) is 12.5 Å². The number of carbonyl (C=O) groups is 1. The van der Waals surface area contributed by atoms with E-state index < -0.39 is 0 Å². The van der Waals surface area contributed by atoms with Crippen molar-refractivity contribution in [3.63, 3.8) is 0 Å². The monoisotopic (exact) mass is 452 g/mol. The molecule has 7 heteroatoms. The summed E-state index contributed by atoms with van der Waals surface area (Å²) in [6.45, 7) is 4.55. The Morgan fingerprint density at radius 2 is 2.06 bits per heavy atom. The third-order valence-electron chi connectivity index (χ3n) is 6.57. The lowest BCUT2D eigenvalue weighted by Gasteiger charge is -2.33. The van der Waals surface area contributed by atoms with Crippen molar-refractivity contribution in [1.82, 2.24) is 20.0 Å². The van der Waals surface area contributed by atoms with Crippen molar-refractivity contribution < 1.29 is 9.21 Å². The summed E-state index contributed by atoms with van der Waals surface area (Å²) in [6.07, 6.45) is 9.19. The Morgan fingerprint density at radius 1 is 1.25 bits per heavy atom. The standard InChI is InChI=1S/C25H29ClN4O2/c1-17-7-10-19(14-21(17)26)30-24(18-8-9-18)20(15-28-30)25(31)27-16-22(23-6-5-13-32-23)29-11-3-2-4-12-29/h5-7,10,13-15,18,22H,2-4,8-9,11-12,16H2,1H3,(H,27,31). The first-order chi connectivity index (χ1) is 15.6. The van der Waals surface area contributed by atoms with Crippen molar-refractivity contribution in [1.29, 1.82) is 0 Å². The van der Waals surface area contributed by atoms with Gasteiger partial charge in [0.1, 0.15) is 5.76 Å². The summed E-state index contributed by atoms with van der Waals surface area (Å²) in [5.74, 6) is 1.19. The average molecular weight is 453 g/mol. The molecule has 2 aromatic heterocycles. The van der Waals surface area contributed by atoms with Crippen LogP contribution in [0.4, 0.5) is 0 Å². The van der Waals surface area contributed by atoms with Gasteiger partial charge in [-0.05, 0) is 75.5 Å². The molecule has 2 aliphatic rings. The van der Waals surface area contributed by atoms with Gasteiger partial charge >= 0.3 is 0 Å². The van der Waals surface area contributed by atoms with Crippen LogP contribution >= 0.6 is 11.6 Å². The van der Waals surface area contributed by atoms with E-state index in [2.05, 4.69) is 15.3 Å². The topological polar surface area (TPSA) is 63.3 Å². The number of carbonyl (C=O) groups excluding carboxylic acids is 1. The van der Waals surface area contributed by atoms with Crippen LogP contribution in [0.1, 0.15) is 71.4 Å². The Hall–Kier alpha value is -2.57. The molecule has 3 aromatic rings. The third-order valence-corrected chi connectivity index (χ3v) is 6.98. The smallest absolute Gasteiger partial charge is 0.254 e. The number of aromatic nitrogens is 2. The van der Waals surface area contributed by atoms with Gasteiger partial charge in [-0.1, -0.05) is 24.1 Å². The van der Waals surface area contributed by atoms with Crippen LogP contribution in [-0.2, 0) is 0 Å². The molecule has 168 valence electrons. The number of piperidine rings is 1. The van der Waals surface area contributed by atoms with E-state index in [4.69, 9.17) is 16.0 Å². The number of amides is 1. The molecule has 2 fully saturated rings. The van der Waals surface area contributed by atoms with E-state index in [9.17, 15) is 4.79 Å². The van der Waals surface area contributed by atoms with Crippen molar-refractivity contribution in [3.8, 4) is 5.69 Å². The van der Waals surface area contributed by atoms with Crippen molar-refractivity contribution in [2.75, 3.05) is 19.6 Å². The molecule has 1 saturated carbocycles. The van der Waals surface area contributed by atoms with Gasteiger partial charge in [-0.15, -0.1) is 0 Å². The van der Waals surface area contributed by atoms with Gasteiger partial charge in [0.05, 0.1) is 35.4 Å². The zero-order valence-electron chi connectivity index (χ0n) is 18.4. The fourth-order valence-corrected chi connectivity index (χ4v) is 4.78. The van der Waals surface area contributed by atoms with E-state index in [-0.39, 0.29) is 11.9 Å². The Labute approximate surface area is 193 Å². The van der Waals surface area contributed by atoms with Crippen LogP contribution in [-0.4, -0.2) is 40.2 Å². The van der Waals surface area contributed by atoms with Crippen LogP contribution in [0.15, 0.2) is 47.2 Å². The number of aryl methyl sites for hydroxylation is 1. The fourth-order valence-electron chi connectivity index (χ4n) is 4.61. The van der Waals surface area contributed by atoms with Gasteiger partial charge in [0.2, 0.25) is 0 Å². The van der Waals surface area contributed by atoms with Crippen LogP contribution in [0, 0.1) is 6.92 Å². The normalized spacial score (nSPS) is 17.9. The van der Waals surface area contributed by atoms with E-state index in [1.807, 2.05) is 41.9 Å². The van der Waals surface area contributed by atoms with Gasteiger partial charge in [-0.2, -0.15) is 5.10 Å². The van der Waals surface area contributed by atoms with Gasteiger partial charge in [-0.25, -0.2) is 4.68 Å². The second-order valence-electron chi connectivity index (χ2n) is 8.90. The Bertz CT molecular complexity index is 1080. The van der Waals surface area contributed by atoms with Crippen molar-refractivity contribution in [3.05, 3.63) is 70.4 Å². The maximum absolute atomic E-state index is 13.3. The van der Waals surface area contributed by atoms with Crippen molar-refractivity contribution in [2.24, 2.45) is 0 Å². The Morgan fingerprint density at radius 3 is 2.75 bits per heavy atom. The first-order valence-corrected chi connectivity index (χ1v) is 11.9. The number of rotatable bonds is 7. The van der Waals surface area contributed by atoms with Gasteiger partial charge in [0, 0.05) is 17.5 Å². The number of likely N-dealkylation sites (tertiary alicyclic amines) is 1. The van der Waals surface area contributed by atoms with Gasteiger partial charge in [-0.3, -0.25) is 9.69 Å². The summed E-state index contributed by atoms with van der Waals surface area (Å²) in [7, 11) is 0. The molecule has 0 bridgehead atoms. The predicted octanol–water partition coefficient (Wildman–Crippen LogP) is 5.26. The molecule has 1 saturated heterocycles. The molecule has 1 unspecified atom stereocenters.